The van der Waals surface area contributed by atoms with E-state index in [0.717, 1.165) is 25.3 Å². The summed E-state index contributed by atoms with van der Waals surface area (Å²) in [6.07, 6.45) is 2.94. The molecule has 0 saturated carbocycles. The van der Waals surface area contributed by atoms with Gasteiger partial charge in [0.2, 0.25) is 0 Å². The van der Waals surface area contributed by atoms with Gasteiger partial charge in [0.1, 0.15) is 5.82 Å². The third-order valence-electron chi connectivity index (χ3n) is 2.50. The zero-order chi connectivity index (χ0) is 9.97. The summed E-state index contributed by atoms with van der Waals surface area (Å²) < 4.78 is 0. The van der Waals surface area contributed by atoms with Crippen LogP contribution in [0.3, 0.4) is 0 Å². The molecule has 0 aromatic carbocycles. The molecule has 0 unspecified atom stereocenters. The maximum Gasteiger partial charge on any atom is 0.134 e. The van der Waals surface area contributed by atoms with E-state index in [-0.39, 0.29) is 0 Å². The lowest BCUT2D eigenvalue weighted by Crippen LogP contribution is -2.40. The summed E-state index contributed by atoms with van der Waals surface area (Å²) in [4.78, 5) is 8.90. The Kier molecular flexibility index (Phi) is 2.77. The molecular weight excluding hydrogens is 174 g/mol. The predicted molar refractivity (Wildman–Crippen MR) is 56.2 cm³/mol. The number of hydrogen-bond donors (Lipinski definition) is 1. The summed E-state index contributed by atoms with van der Waals surface area (Å²) >= 11 is 0. The van der Waals surface area contributed by atoms with E-state index in [1.54, 1.807) is 0 Å². The van der Waals surface area contributed by atoms with E-state index in [1.165, 1.54) is 5.69 Å². The van der Waals surface area contributed by atoms with Crippen LogP contribution in [-0.4, -0.2) is 23.1 Å². The lowest BCUT2D eigenvalue weighted by Gasteiger charge is -2.25. The Morgan fingerprint density at radius 2 is 2.29 bits per heavy atom. The topological polar surface area (TPSA) is 37.8 Å². The molecule has 1 aliphatic heterocycles. The fourth-order valence-corrected chi connectivity index (χ4v) is 1.61. The first-order valence-corrected chi connectivity index (χ1v) is 5.28. The van der Waals surface area contributed by atoms with Gasteiger partial charge in [-0.05, 0) is 18.4 Å². The number of aromatic nitrogens is 2. The highest BCUT2D eigenvalue weighted by Gasteiger charge is 2.21. The smallest absolute Gasteiger partial charge is 0.134 e. The Balaban J connectivity index is 2.09. The molecule has 1 aliphatic rings. The fourth-order valence-electron chi connectivity index (χ4n) is 1.61. The third kappa shape index (κ3) is 2.10. The van der Waals surface area contributed by atoms with Crippen molar-refractivity contribution in [1.29, 1.82) is 0 Å². The number of rotatable bonds is 3. The van der Waals surface area contributed by atoms with E-state index in [2.05, 4.69) is 29.1 Å². The maximum atomic E-state index is 4.58. The Labute approximate surface area is 85.0 Å². The molecule has 1 aromatic rings. The second-order valence-electron chi connectivity index (χ2n) is 4.36. The van der Waals surface area contributed by atoms with E-state index >= 15 is 0 Å². The van der Waals surface area contributed by atoms with Crippen molar-refractivity contribution in [2.45, 2.75) is 26.2 Å². The average molecular weight is 191 g/mol. The van der Waals surface area contributed by atoms with Crippen LogP contribution in [-0.2, 0) is 6.42 Å². The van der Waals surface area contributed by atoms with Gasteiger partial charge < -0.3 is 5.32 Å². The lowest BCUT2D eigenvalue weighted by molar-refractivity contribution is 0.428. The van der Waals surface area contributed by atoms with Crippen LogP contribution in [0.1, 0.15) is 31.3 Å². The molecule has 3 heteroatoms. The van der Waals surface area contributed by atoms with Gasteiger partial charge >= 0.3 is 0 Å². The maximum absolute atomic E-state index is 4.58. The minimum atomic E-state index is 0.544. The number of hydrogen-bond acceptors (Lipinski definition) is 3. The van der Waals surface area contributed by atoms with Gasteiger partial charge in [-0.15, -0.1) is 0 Å². The standard InChI is InChI=1S/C11H17N3/c1-8(2)5-10-3-4-13-11(14-10)9-6-12-7-9/h3-4,8-9,12H,5-7H2,1-2H3. The molecule has 2 heterocycles. The molecule has 0 aliphatic carbocycles. The van der Waals surface area contributed by atoms with Gasteiger partial charge in [-0.25, -0.2) is 9.97 Å². The first-order chi connectivity index (χ1) is 6.75. The number of nitrogens with zero attached hydrogens (tertiary/aromatic N) is 2. The van der Waals surface area contributed by atoms with Crippen molar-refractivity contribution in [3.63, 3.8) is 0 Å². The van der Waals surface area contributed by atoms with Crippen molar-refractivity contribution in [2.24, 2.45) is 5.92 Å². The molecule has 0 amide bonds. The molecule has 1 fully saturated rings. The molecule has 1 N–H and O–H groups in total. The van der Waals surface area contributed by atoms with Gasteiger partial charge in [0.25, 0.3) is 0 Å². The molecule has 0 spiro atoms. The lowest BCUT2D eigenvalue weighted by atomic mass is 10.0. The highest BCUT2D eigenvalue weighted by molar-refractivity contribution is 5.09. The molecule has 14 heavy (non-hydrogen) atoms. The summed E-state index contributed by atoms with van der Waals surface area (Å²) in [6, 6.07) is 2.02. The largest absolute Gasteiger partial charge is 0.315 e. The Morgan fingerprint density at radius 1 is 1.50 bits per heavy atom. The minimum Gasteiger partial charge on any atom is -0.315 e. The van der Waals surface area contributed by atoms with Crippen molar-refractivity contribution in [2.75, 3.05) is 13.1 Å². The summed E-state index contributed by atoms with van der Waals surface area (Å²) in [5.74, 6) is 2.22. The van der Waals surface area contributed by atoms with Gasteiger partial charge in [-0.3, -0.25) is 0 Å². The Bertz CT molecular complexity index is 305. The predicted octanol–water partition coefficient (Wildman–Crippen LogP) is 1.36. The first kappa shape index (κ1) is 9.59. The van der Waals surface area contributed by atoms with Crippen LogP contribution in [0, 0.1) is 5.92 Å². The summed E-state index contributed by atoms with van der Waals surface area (Å²) in [7, 11) is 0. The summed E-state index contributed by atoms with van der Waals surface area (Å²) in [5.41, 5.74) is 1.18. The number of nitrogens with one attached hydrogen (secondary N) is 1. The molecule has 1 aromatic heterocycles. The van der Waals surface area contributed by atoms with Crippen LogP contribution in [0.2, 0.25) is 0 Å². The van der Waals surface area contributed by atoms with Gasteiger partial charge in [0.05, 0.1) is 0 Å². The third-order valence-corrected chi connectivity index (χ3v) is 2.50. The van der Waals surface area contributed by atoms with Crippen molar-refractivity contribution in [1.82, 2.24) is 15.3 Å². The van der Waals surface area contributed by atoms with Gasteiger partial charge in [-0.2, -0.15) is 0 Å². The molecule has 3 nitrogen and oxygen atoms in total. The zero-order valence-corrected chi connectivity index (χ0v) is 8.83. The van der Waals surface area contributed by atoms with Gasteiger partial charge in [0, 0.05) is 30.9 Å². The quantitative estimate of drug-likeness (QED) is 0.784. The highest BCUT2D eigenvalue weighted by atomic mass is 15.0. The van der Waals surface area contributed by atoms with Crippen LogP contribution in [0.25, 0.3) is 0 Å². The normalized spacial score (nSPS) is 17.1. The van der Waals surface area contributed by atoms with E-state index in [4.69, 9.17) is 0 Å². The van der Waals surface area contributed by atoms with E-state index < -0.39 is 0 Å². The van der Waals surface area contributed by atoms with Crippen LogP contribution in [0.4, 0.5) is 0 Å². The molecular formula is C11H17N3. The highest BCUT2D eigenvalue weighted by Crippen LogP contribution is 2.16. The van der Waals surface area contributed by atoms with Crippen LogP contribution < -0.4 is 5.32 Å². The summed E-state index contributed by atoms with van der Waals surface area (Å²) in [5, 5.41) is 3.24. The Morgan fingerprint density at radius 3 is 2.86 bits per heavy atom. The molecule has 2 rings (SSSR count). The van der Waals surface area contributed by atoms with E-state index in [1.807, 2.05) is 12.3 Å². The molecule has 76 valence electrons. The zero-order valence-electron chi connectivity index (χ0n) is 8.83. The summed E-state index contributed by atoms with van der Waals surface area (Å²) in [6.45, 7) is 6.50. The monoisotopic (exact) mass is 191 g/mol. The molecule has 0 bridgehead atoms. The molecule has 0 radical (unpaired) electrons. The second-order valence-corrected chi connectivity index (χ2v) is 4.36. The van der Waals surface area contributed by atoms with E-state index in [0.29, 0.717) is 11.8 Å². The van der Waals surface area contributed by atoms with Crippen molar-refractivity contribution < 1.29 is 0 Å². The molecule has 1 saturated heterocycles. The molecule has 0 atom stereocenters. The average Bonchev–Trinajstić information content (AvgIpc) is 1.99. The Hall–Kier alpha value is -0.960. The minimum absolute atomic E-state index is 0.544. The van der Waals surface area contributed by atoms with Crippen LogP contribution >= 0.6 is 0 Å². The fraction of sp³-hybridized carbons (Fsp3) is 0.636. The second kappa shape index (κ2) is 4.05. The van der Waals surface area contributed by atoms with E-state index in [9.17, 15) is 0 Å². The van der Waals surface area contributed by atoms with Crippen LogP contribution in [0.5, 0.6) is 0 Å². The van der Waals surface area contributed by atoms with Gasteiger partial charge in [0.15, 0.2) is 0 Å². The van der Waals surface area contributed by atoms with Crippen molar-refractivity contribution in [3.05, 3.63) is 23.8 Å². The SMILES string of the molecule is CC(C)Cc1ccnc(C2CNC2)n1. The van der Waals surface area contributed by atoms with Crippen molar-refractivity contribution in [3.8, 4) is 0 Å². The van der Waals surface area contributed by atoms with Crippen LogP contribution in [0.15, 0.2) is 12.3 Å². The van der Waals surface area contributed by atoms with Crippen molar-refractivity contribution >= 4 is 0 Å². The first-order valence-electron chi connectivity index (χ1n) is 5.28. The van der Waals surface area contributed by atoms with Gasteiger partial charge in [-0.1, -0.05) is 13.8 Å².